The molecule has 29 heavy (non-hydrogen) atoms. The van der Waals surface area contributed by atoms with E-state index in [4.69, 9.17) is 0 Å². The Balaban J connectivity index is 0.00000120. The summed E-state index contributed by atoms with van der Waals surface area (Å²) in [4.78, 5) is 0. The molecule has 1 aromatic heterocycles. The van der Waals surface area contributed by atoms with Crippen molar-refractivity contribution in [1.29, 1.82) is 0 Å². The predicted molar refractivity (Wildman–Crippen MR) is 115 cm³/mol. The van der Waals surface area contributed by atoms with Crippen molar-refractivity contribution >= 4 is 20.1 Å². The molecule has 0 fully saturated rings. The van der Waals surface area contributed by atoms with Gasteiger partial charge in [0.15, 0.2) is 0 Å². The van der Waals surface area contributed by atoms with Crippen molar-refractivity contribution in [2.75, 3.05) is 0 Å². The second-order valence-electron chi connectivity index (χ2n) is 7.53. The largest absolute Gasteiger partial charge is 1.00 e. The second-order valence-corrected chi connectivity index (χ2v) is 15.7. The second kappa shape index (κ2) is 9.40. The molecule has 0 aliphatic heterocycles. The van der Waals surface area contributed by atoms with Gasteiger partial charge in [0, 0.05) is 0 Å². The topological polar surface area (TPSA) is 0 Å². The summed E-state index contributed by atoms with van der Waals surface area (Å²) in [6.45, 7) is 4.80. The van der Waals surface area contributed by atoms with Gasteiger partial charge < -0.3 is 24.8 Å². The monoisotopic (exact) mass is 514 g/mol. The molecule has 5 rings (SSSR count). The van der Waals surface area contributed by atoms with E-state index in [2.05, 4.69) is 91.4 Å². The first-order chi connectivity index (χ1) is 13.3. The Bertz CT molecular complexity index is 1070. The van der Waals surface area contributed by atoms with Crippen LogP contribution in [0, 0.1) is 0 Å². The van der Waals surface area contributed by atoms with Crippen molar-refractivity contribution in [1.82, 2.24) is 0 Å². The van der Waals surface area contributed by atoms with Crippen molar-refractivity contribution in [3.05, 3.63) is 97.5 Å². The van der Waals surface area contributed by atoms with Crippen LogP contribution in [-0.2, 0) is 21.3 Å². The molecule has 1 heterocycles. The third kappa shape index (κ3) is 3.86. The maximum absolute atomic E-state index is 2.40. The van der Waals surface area contributed by atoms with E-state index in [0.717, 1.165) is 6.42 Å². The van der Waals surface area contributed by atoms with Crippen LogP contribution in [0.5, 0.6) is 0 Å². The molecule has 2 aliphatic carbocycles. The van der Waals surface area contributed by atoms with Gasteiger partial charge in [-0.05, 0) is 0 Å². The van der Waals surface area contributed by atoms with Gasteiger partial charge in [-0.2, -0.15) is 0 Å². The molecule has 2 aliphatic rings. The first-order valence-corrected chi connectivity index (χ1v) is 14.4. The minimum atomic E-state index is -2.09. The van der Waals surface area contributed by atoms with Crippen molar-refractivity contribution in [3.63, 3.8) is 0 Å². The van der Waals surface area contributed by atoms with Crippen LogP contribution in [0.15, 0.2) is 80.8 Å². The molecule has 0 amide bonds. The van der Waals surface area contributed by atoms with E-state index in [-0.39, 0.29) is 24.8 Å². The van der Waals surface area contributed by atoms with E-state index in [1.165, 1.54) is 22.3 Å². The molecule has 2 aromatic carbocycles. The summed E-state index contributed by atoms with van der Waals surface area (Å²) in [5, 5.41) is 4.52. The molecule has 0 saturated heterocycles. The molecule has 3 aromatic rings. The molecule has 0 unspecified atom stereocenters. The minimum Gasteiger partial charge on any atom is -1.00 e. The van der Waals surface area contributed by atoms with Gasteiger partial charge in [0.05, 0.1) is 0 Å². The average molecular weight is 517 g/mol. The quantitative estimate of drug-likeness (QED) is 0.488. The number of fused-ring (bicyclic) bond motifs is 3. The van der Waals surface area contributed by atoms with E-state index in [0.29, 0.717) is 3.63 Å². The summed E-state index contributed by atoms with van der Waals surface area (Å²) in [5.74, 6) is 0. The summed E-state index contributed by atoms with van der Waals surface area (Å²) in [7, 11) is 0. The smallest absolute Gasteiger partial charge is 1.00 e. The fourth-order valence-corrected chi connectivity index (χ4v) is 14.0. The Hall–Kier alpha value is -1.05. The molecule has 0 radical (unpaired) electrons. The van der Waals surface area contributed by atoms with Gasteiger partial charge in [-0.3, -0.25) is 0 Å². The van der Waals surface area contributed by atoms with Crippen LogP contribution in [0.3, 0.4) is 0 Å². The Labute approximate surface area is 197 Å². The molecule has 146 valence electrons. The average Bonchev–Trinajstić information content (AvgIpc) is 3.41. The Morgan fingerprint density at radius 2 is 1.52 bits per heavy atom. The summed E-state index contributed by atoms with van der Waals surface area (Å²) in [5.41, 5.74) is 9.00. The zero-order chi connectivity index (χ0) is 18.4. The van der Waals surface area contributed by atoms with Crippen LogP contribution in [-0.4, -0.2) is 3.21 Å². The fourth-order valence-electron chi connectivity index (χ4n) is 4.68. The summed E-state index contributed by atoms with van der Waals surface area (Å²) in [6, 6.07) is 20.5. The molecule has 0 atom stereocenters. The van der Waals surface area contributed by atoms with E-state index in [9.17, 15) is 0 Å². The Morgan fingerprint density at radius 1 is 0.897 bits per heavy atom. The summed E-state index contributed by atoms with van der Waals surface area (Å²) in [6.07, 6.45) is 5.91. The fraction of sp³-hybridized carbons (Fsp3) is 0.160. The number of rotatable bonds is 3. The van der Waals surface area contributed by atoms with Crippen molar-refractivity contribution in [3.8, 4) is 11.1 Å². The number of allylic oxidation sites excluding steroid dienone is 4. The maximum Gasteiger partial charge on any atom is -1.00 e. The van der Waals surface area contributed by atoms with E-state index in [1.54, 1.807) is 29.0 Å². The van der Waals surface area contributed by atoms with Crippen LogP contribution in [0.25, 0.3) is 16.7 Å². The third-order valence-corrected chi connectivity index (χ3v) is 14.8. The minimum absolute atomic E-state index is 0. The van der Waals surface area contributed by atoms with E-state index >= 15 is 0 Å². The van der Waals surface area contributed by atoms with Crippen LogP contribution >= 0.6 is 11.3 Å². The zero-order valence-corrected chi connectivity index (χ0v) is 21.2. The Kier molecular flexibility index (Phi) is 7.33. The molecule has 4 heteroatoms. The van der Waals surface area contributed by atoms with Crippen molar-refractivity contribution < 1.29 is 46.1 Å². The van der Waals surface area contributed by atoms with Crippen LogP contribution in [0.4, 0.5) is 0 Å². The number of halogens is 2. The molecular weight excluding hydrogens is 494 g/mol. The van der Waals surface area contributed by atoms with Crippen LogP contribution < -0.4 is 24.8 Å². The molecule has 0 saturated carbocycles. The summed E-state index contributed by atoms with van der Waals surface area (Å²) < 4.78 is 4.07. The van der Waals surface area contributed by atoms with Crippen molar-refractivity contribution in [2.24, 2.45) is 0 Å². The zero-order valence-electron chi connectivity index (χ0n) is 16.5. The molecule has 0 nitrogen and oxygen atoms in total. The SMILES string of the molecule is C[C](C)=[Zr+2]([C]1=C(c2ccsc2)C=CC1)[CH]1c2ccccc2-c2ccccc21.[Cl-].[Cl-]. The van der Waals surface area contributed by atoms with Gasteiger partial charge in [0.25, 0.3) is 0 Å². The van der Waals surface area contributed by atoms with Gasteiger partial charge in [-0.25, -0.2) is 0 Å². The number of hydrogen-bond donors (Lipinski definition) is 0. The molecular formula is C25H22Cl2SZr. The molecule has 0 bridgehead atoms. The predicted octanol–water partition coefficient (Wildman–Crippen LogP) is 1.03. The van der Waals surface area contributed by atoms with E-state index in [1.807, 2.05) is 0 Å². The van der Waals surface area contributed by atoms with Gasteiger partial charge in [0.2, 0.25) is 0 Å². The normalized spacial score (nSPS) is 13.8. The number of benzene rings is 2. The maximum atomic E-state index is 2.40. The standard InChI is InChI=1S/C13H9.C9H7S.C3H6.2ClH.Zr/c1-3-7-12-10(5-1)9-11-6-2-4-8-13(11)12;1-2-4-8(3-1)9-5-6-10-7-9;1-3-2;;;/h1-9H;1,3,5-7H,2H2;1-2H3;2*1H;/q;;;;;+2/p-2. The van der Waals surface area contributed by atoms with Gasteiger partial charge in [-0.1, -0.05) is 0 Å². The first kappa shape index (κ1) is 22.6. The first-order valence-electron chi connectivity index (χ1n) is 9.54. The third-order valence-electron chi connectivity index (χ3n) is 5.75. The Morgan fingerprint density at radius 3 is 2.07 bits per heavy atom. The van der Waals surface area contributed by atoms with Gasteiger partial charge in [-0.15, -0.1) is 0 Å². The van der Waals surface area contributed by atoms with Crippen molar-refractivity contribution in [2.45, 2.75) is 23.9 Å². The summed E-state index contributed by atoms with van der Waals surface area (Å²) >= 11 is -0.286. The van der Waals surface area contributed by atoms with Gasteiger partial charge in [0.1, 0.15) is 0 Å². The van der Waals surface area contributed by atoms with E-state index < -0.39 is 21.3 Å². The molecule has 0 N–H and O–H groups in total. The van der Waals surface area contributed by atoms with Gasteiger partial charge >= 0.3 is 174 Å². The van der Waals surface area contributed by atoms with Crippen LogP contribution in [0.1, 0.15) is 40.6 Å². The molecule has 0 spiro atoms. The number of hydrogen-bond acceptors (Lipinski definition) is 1. The van der Waals surface area contributed by atoms with Crippen LogP contribution in [0.2, 0.25) is 0 Å². The number of thiophene rings is 1.